The van der Waals surface area contributed by atoms with Crippen molar-refractivity contribution in [2.75, 3.05) is 4.90 Å². The molecule has 0 bridgehead atoms. The number of carbonyl (C=O) groups excluding carboxylic acids is 3. The topological polar surface area (TPSA) is 79.4 Å². The van der Waals surface area contributed by atoms with Gasteiger partial charge in [0.25, 0.3) is 5.91 Å². The predicted molar refractivity (Wildman–Crippen MR) is 102 cm³/mol. The molecule has 0 aliphatic carbocycles. The summed E-state index contributed by atoms with van der Waals surface area (Å²) in [5, 5.41) is 3.58. The van der Waals surface area contributed by atoms with Crippen molar-refractivity contribution in [3.05, 3.63) is 58.0 Å². The number of imide groups is 1. The lowest BCUT2D eigenvalue weighted by molar-refractivity contribution is -0.134. The zero-order valence-corrected chi connectivity index (χ0v) is 15.3. The van der Waals surface area contributed by atoms with Crippen LogP contribution in [0.2, 0.25) is 0 Å². The van der Waals surface area contributed by atoms with E-state index in [-0.39, 0.29) is 24.7 Å². The highest BCUT2D eigenvalue weighted by molar-refractivity contribution is 7.09. The third-order valence-corrected chi connectivity index (χ3v) is 6.07. The van der Waals surface area contributed by atoms with Crippen molar-refractivity contribution in [2.45, 2.75) is 25.1 Å². The van der Waals surface area contributed by atoms with Gasteiger partial charge >= 0.3 is 0 Å². The third-order valence-electron chi connectivity index (χ3n) is 5.26. The van der Waals surface area contributed by atoms with Gasteiger partial charge in [0.05, 0.1) is 16.1 Å². The maximum Gasteiger partial charge on any atom is 0.259 e. The van der Waals surface area contributed by atoms with Crippen LogP contribution in [-0.2, 0) is 9.59 Å². The molecule has 2 unspecified atom stereocenters. The second kappa shape index (κ2) is 6.20. The fraction of sp³-hybridized carbons (Fsp3) is 0.200. The molecule has 140 valence electrons. The lowest BCUT2D eigenvalue weighted by Crippen LogP contribution is -2.53. The summed E-state index contributed by atoms with van der Waals surface area (Å²) in [6.07, 6.45) is 0.589. The SMILES string of the molecule is O=C1CCC(N2C(=O)c3cccc4c(C(F)c5cncs5)ccc2c34)C(=O)N1. The summed E-state index contributed by atoms with van der Waals surface area (Å²) in [5.41, 5.74) is 3.06. The number of carbonyl (C=O) groups is 3. The van der Waals surface area contributed by atoms with E-state index in [0.29, 0.717) is 32.5 Å². The van der Waals surface area contributed by atoms with Crippen LogP contribution in [0.25, 0.3) is 10.8 Å². The molecule has 1 fully saturated rings. The van der Waals surface area contributed by atoms with Crippen LogP contribution in [-0.4, -0.2) is 28.7 Å². The summed E-state index contributed by atoms with van der Waals surface area (Å²) in [5.74, 6) is -1.13. The molecular formula is C20H14FN3O3S. The van der Waals surface area contributed by atoms with Gasteiger partial charge in [-0.1, -0.05) is 18.2 Å². The Labute approximate surface area is 163 Å². The Hall–Kier alpha value is -3.13. The Morgan fingerprint density at radius 3 is 2.82 bits per heavy atom. The van der Waals surface area contributed by atoms with Gasteiger partial charge in [-0.05, 0) is 29.5 Å². The second-order valence-electron chi connectivity index (χ2n) is 6.81. The van der Waals surface area contributed by atoms with E-state index in [4.69, 9.17) is 0 Å². The molecule has 5 rings (SSSR count). The van der Waals surface area contributed by atoms with Crippen LogP contribution in [0, 0.1) is 0 Å². The summed E-state index contributed by atoms with van der Waals surface area (Å²) in [4.78, 5) is 42.8. The molecule has 0 spiro atoms. The number of thiazole rings is 1. The minimum Gasteiger partial charge on any atom is -0.295 e. The molecule has 1 aromatic heterocycles. The van der Waals surface area contributed by atoms with Crippen LogP contribution in [0.3, 0.4) is 0 Å². The lowest BCUT2D eigenvalue weighted by atomic mass is 9.97. The van der Waals surface area contributed by atoms with Crippen LogP contribution < -0.4 is 10.2 Å². The highest BCUT2D eigenvalue weighted by Crippen LogP contribution is 2.44. The molecule has 28 heavy (non-hydrogen) atoms. The molecule has 0 saturated carbocycles. The van der Waals surface area contributed by atoms with Crippen molar-refractivity contribution in [2.24, 2.45) is 0 Å². The van der Waals surface area contributed by atoms with Crippen molar-refractivity contribution < 1.29 is 18.8 Å². The second-order valence-corrected chi connectivity index (χ2v) is 7.73. The molecule has 3 amide bonds. The van der Waals surface area contributed by atoms with Gasteiger partial charge in [0.2, 0.25) is 11.8 Å². The number of aromatic nitrogens is 1. The number of halogens is 1. The summed E-state index contributed by atoms with van der Waals surface area (Å²) in [6.45, 7) is 0. The van der Waals surface area contributed by atoms with Gasteiger partial charge in [0.1, 0.15) is 6.04 Å². The van der Waals surface area contributed by atoms with Crippen LogP contribution in [0.5, 0.6) is 0 Å². The van der Waals surface area contributed by atoms with E-state index in [1.165, 1.54) is 22.4 Å². The van der Waals surface area contributed by atoms with E-state index < -0.39 is 18.1 Å². The summed E-state index contributed by atoms with van der Waals surface area (Å²) in [7, 11) is 0. The van der Waals surface area contributed by atoms with E-state index in [9.17, 15) is 14.4 Å². The minimum atomic E-state index is -1.35. The maximum absolute atomic E-state index is 15.1. The van der Waals surface area contributed by atoms with Crippen LogP contribution in [0.4, 0.5) is 10.1 Å². The normalized spacial score (nSPS) is 20.0. The predicted octanol–water partition coefficient (Wildman–Crippen LogP) is 3.12. The Balaban J connectivity index is 1.65. The molecule has 6 nitrogen and oxygen atoms in total. The van der Waals surface area contributed by atoms with Gasteiger partial charge in [-0.3, -0.25) is 29.6 Å². The average molecular weight is 395 g/mol. The minimum absolute atomic E-state index is 0.176. The first-order valence-corrected chi connectivity index (χ1v) is 9.69. The first-order chi connectivity index (χ1) is 13.6. The van der Waals surface area contributed by atoms with Crippen molar-refractivity contribution in [1.29, 1.82) is 0 Å². The van der Waals surface area contributed by atoms with Crippen molar-refractivity contribution in [3.63, 3.8) is 0 Å². The number of hydrogen-bond donors (Lipinski definition) is 1. The van der Waals surface area contributed by atoms with E-state index >= 15 is 4.39 Å². The molecule has 8 heteroatoms. The van der Waals surface area contributed by atoms with E-state index in [1.807, 2.05) is 0 Å². The van der Waals surface area contributed by atoms with Gasteiger partial charge in [0.15, 0.2) is 6.17 Å². The number of rotatable bonds is 3. The first-order valence-electron chi connectivity index (χ1n) is 8.81. The molecular weight excluding hydrogens is 381 g/mol. The summed E-state index contributed by atoms with van der Waals surface area (Å²) in [6, 6.07) is 7.77. The van der Waals surface area contributed by atoms with Gasteiger partial charge in [-0.15, -0.1) is 11.3 Å². The molecule has 2 aliphatic heterocycles. The molecule has 1 N–H and O–H groups in total. The molecule has 0 radical (unpaired) electrons. The zero-order chi connectivity index (χ0) is 19.4. The van der Waals surface area contributed by atoms with E-state index in [0.717, 1.165) is 0 Å². The molecule has 2 atom stereocenters. The number of benzene rings is 2. The molecule has 2 aliphatic rings. The Morgan fingerprint density at radius 1 is 1.21 bits per heavy atom. The highest BCUT2D eigenvalue weighted by Gasteiger charge is 2.41. The first kappa shape index (κ1) is 17.0. The number of nitrogens with zero attached hydrogens (tertiary/aromatic N) is 2. The van der Waals surface area contributed by atoms with Crippen molar-refractivity contribution in [3.8, 4) is 0 Å². The number of amides is 3. The Kier molecular flexibility index (Phi) is 3.77. The van der Waals surface area contributed by atoms with E-state index in [2.05, 4.69) is 10.3 Å². The fourth-order valence-electron chi connectivity index (χ4n) is 3.99. The summed E-state index contributed by atoms with van der Waals surface area (Å²) >= 11 is 1.23. The van der Waals surface area contributed by atoms with Gasteiger partial charge in [-0.2, -0.15) is 0 Å². The Morgan fingerprint density at radius 2 is 2.07 bits per heavy atom. The van der Waals surface area contributed by atoms with Gasteiger partial charge < -0.3 is 0 Å². The smallest absolute Gasteiger partial charge is 0.259 e. The number of nitrogens with one attached hydrogen (secondary N) is 1. The molecule has 1 saturated heterocycles. The monoisotopic (exact) mass is 395 g/mol. The summed E-state index contributed by atoms with van der Waals surface area (Å²) < 4.78 is 15.1. The molecule has 2 aromatic carbocycles. The number of alkyl halides is 1. The lowest BCUT2D eigenvalue weighted by Gasteiger charge is -2.30. The quantitative estimate of drug-likeness (QED) is 0.691. The average Bonchev–Trinajstić information content (AvgIpc) is 3.31. The maximum atomic E-state index is 15.1. The van der Waals surface area contributed by atoms with Crippen LogP contribution in [0.15, 0.2) is 42.0 Å². The van der Waals surface area contributed by atoms with Gasteiger partial charge in [-0.25, -0.2) is 4.39 Å². The largest absolute Gasteiger partial charge is 0.295 e. The third kappa shape index (κ3) is 2.37. The molecule has 3 heterocycles. The number of anilines is 1. The van der Waals surface area contributed by atoms with Crippen LogP contribution in [0.1, 0.15) is 39.8 Å². The number of hydrogen-bond acceptors (Lipinski definition) is 5. The molecule has 3 aromatic rings. The van der Waals surface area contributed by atoms with Crippen molar-refractivity contribution in [1.82, 2.24) is 10.3 Å². The van der Waals surface area contributed by atoms with Crippen molar-refractivity contribution >= 4 is 45.5 Å². The van der Waals surface area contributed by atoms with Crippen LogP contribution >= 0.6 is 11.3 Å². The van der Waals surface area contributed by atoms with Gasteiger partial charge in [0, 0.05) is 23.6 Å². The highest BCUT2D eigenvalue weighted by atomic mass is 32.1. The fourth-order valence-corrected chi connectivity index (χ4v) is 4.60. The zero-order valence-electron chi connectivity index (χ0n) is 14.5. The standard InChI is InChI=1S/C20H14FN3O3S/c21-18(15-8-22-9-28-15)11-4-5-13-17-10(11)2-1-3-12(17)20(27)24(13)14-6-7-16(25)23-19(14)26/h1-5,8-9,14,18H,6-7H2,(H,23,25,26). The number of piperidine rings is 1. The van der Waals surface area contributed by atoms with E-state index in [1.54, 1.807) is 35.8 Å². The Bertz CT molecular complexity index is 1150.